The minimum atomic E-state index is -0.323. The van der Waals surface area contributed by atoms with Crippen LogP contribution in [0.15, 0.2) is 42.5 Å². The molecule has 1 fully saturated rings. The van der Waals surface area contributed by atoms with Gasteiger partial charge in [-0.1, -0.05) is 18.2 Å². The first-order chi connectivity index (χ1) is 14.7. The summed E-state index contributed by atoms with van der Waals surface area (Å²) >= 11 is 0. The molecule has 2 aromatic carbocycles. The third-order valence-electron chi connectivity index (χ3n) is 6.02. The summed E-state index contributed by atoms with van der Waals surface area (Å²) in [5.41, 5.74) is 3.68. The summed E-state index contributed by atoms with van der Waals surface area (Å²) in [5, 5.41) is 9.69. The Labute approximate surface area is 177 Å². The normalized spacial score (nSPS) is 17.1. The third-order valence-corrected chi connectivity index (χ3v) is 6.02. The number of benzene rings is 2. The molecule has 0 aromatic heterocycles. The highest BCUT2D eigenvalue weighted by Gasteiger charge is 2.27. The van der Waals surface area contributed by atoms with Crippen molar-refractivity contribution in [3.05, 3.63) is 59.2 Å². The average molecular weight is 405 g/mol. The lowest BCUT2D eigenvalue weighted by Crippen LogP contribution is -2.50. The van der Waals surface area contributed by atoms with E-state index in [2.05, 4.69) is 23.1 Å². The van der Waals surface area contributed by atoms with Crippen LogP contribution in [0.3, 0.4) is 0 Å². The van der Waals surface area contributed by atoms with Crippen LogP contribution in [0.1, 0.15) is 29.2 Å². The summed E-state index contributed by atoms with van der Waals surface area (Å²) in [5.74, 6) is 1.54. The highest BCUT2D eigenvalue weighted by Crippen LogP contribution is 2.26. The Morgan fingerprint density at radius 3 is 2.43 bits per heavy atom. The lowest BCUT2D eigenvalue weighted by Gasteiger charge is -2.37. The first-order valence-corrected chi connectivity index (χ1v) is 10.5. The number of fused-ring (bicyclic) bond motifs is 1. The van der Waals surface area contributed by atoms with E-state index in [0.29, 0.717) is 26.2 Å². The van der Waals surface area contributed by atoms with Crippen molar-refractivity contribution in [3.8, 4) is 17.6 Å². The van der Waals surface area contributed by atoms with E-state index in [9.17, 15) is 10.1 Å². The molecule has 0 bridgehead atoms. The highest BCUT2D eigenvalue weighted by atomic mass is 16.5. The Kier molecular flexibility index (Phi) is 6.20. The second kappa shape index (κ2) is 9.19. The summed E-state index contributed by atoms with van der Waals surface area (Å²) < 4.78 is 11.0. The summed E-state index contributed by atoms with van der Waals surface area (Å²) in [6.45, 7) is 2.57. The van der Waals surface area contributed by atoms with Crippen molar-refractivity contribution in [2.45, 2.75) is 25.3 Å². The quantitative estimate of drug-likeness (QED) is 0.739. The number of carbonyl (C=O) groups is 1. The molecule has 1 saturated heterocycles. The number of hydrogen-bond donors (Lipinski definition) is 0. The smallest absolute Gasteiger partial charge is 0.260 e. The van der Waals surface area contributed by atoms with Crippen molar-refractivity contribution >= 4 is 5.91 Å². The topological polar surface area (TPSA) is 65.8 Å². The molecule has 1 amide bonds. The molecule has 30 heavy (non-hydrogen) atoms. The van der Waals surface area contributed by atoms with Crippen LogP contribution < -0.4 is 9.47 Å². The van der Waals surface area contributed by atoms with E-state index < -0.39 is 0 Å². The van der Waals surface area contributed by atoms with Crippen molar-refractivity contribution < 1.29 is 14.3 Å². The number of hydrogen-bond acceptors (Lipinski definition) is 5. The Bertz CT molecular complexity index is 928. The van der Waals surface area contributed by atoms with Crippen LogP contribution in [-0.2, 0) is 17.6 Å². The SMILES string of the molecule is COc1ccc([C@H](C#N)N2CCN(C(=O)COc3ccc4c(c3)CCC4)CC2)cc1. The monoisotopic (exact) mass is 405 g/mol. The third kappa shape index (κ3) is 4.42. The van der Waals surface area contributed by atoms with E-state index in [0.717, 1.165) is 29.9 Å². The van der Waals surface area contributed by atoms with Gasteiger partial charge in [-0.25, -0.2) is 0 Å². The summed E-state index contributed by atoms with van der Waals surface area (Å²) in [7, 11) is 1.63. The van der Waals surface area contributed by atoms with Crippen molar-refractivity contribution in [2.75, 3.05) is 39.9 Å². The van der Waals surface area contributed by atoms with Crippen LogP contribution in [0.25, 0.3) is 0 Å². The van der Waals surface area contributed by atoms with E-state index in [1.165, 1.54) is 17.5 Å². The van der Waals surface area contributed by atoms with Gasteiger partial charge in [0.2, 0.25) is 0 Å². The van der Waals surface area contributed by atoms with Crippen LogP contribution >= 0.6 is 0 Å². The zero-order valence-electron chi connectivity index (χ0n) is 17.3. The second-order valence-corrected chi connectivity index (χ2v) is 7.79. The number of piperazine rings is 1. The molecule has 4 rings (SSSR count). The van der Waals surface area contributed by atoms with Crippen molar-refractivity contribution in [1.82, 2.24) is 9.80 Å². The van der Waals surface area contributed by atoms with E-state index in [1.54, 1.807) is 7.11 Å². The lowest BCUT2D eigenvalue weighted by atomic mass is 10.1. The minimum Gasteiger partial charge on any atom is -0.497 e. The second-order valence-electron chi connectivity index (χ2n) is 7.79. The standard InChI is InChI=1S/C24H27N3O3/c1-29-21-8-6-19(7-9-21)23(16-25)26-11-13-27(14-12-26)24(28)17-30-22-10-5-18-3-2-4-20(18)15-22/h5-10,15,23H,2-4,11-14,17H2,1H3/t23-/m0/s1. The van der Waals surface area contributed by atoms with Gasteiger partial charge in [-0.2, -0.15) is 5.26 Å². The Balaban J connectivity index is 1.29. The lowest BCUT2D eigenvalue weighted by molar-refractivity contribution is -0.135. The molecule has 156 valence electrons. The molecule has 1 heterocycles. The van der Waals surface area contributed by atoms with Crippen LogP contribution in [0.5, 0.6) is 11.5 Å². The van der Waals surface area contributed by atoms with Gasteiger partial charge in [-0.3, -0.25) is 9.69 Å². The number of ether oxygens (including phenoxy) is 2. The van der Waals surface area contributed by atoms with E-state index in [4.69, 9.17) is 9.47 Å². The molecule has 0 radical (unpaired) electrons. The van der Waals surface area contributed by atoms with E-state index in [1.807, 2.05) is 35.2 Å². The molecule has 6 nitrogen and oxygen atoms in total. The molecule has 1 atom stereocenters. The van der Waals surface area contributed by atoms with Crippen molar-refractivity contribution in [1.29, 1.82) is 5.26 Å². The number of methoxy groups -OCH3 is 1. The summed E-state index contributed by atoms with van der Waals surface area (Å²) in [4.78, 5) is 16.5. The highest BCUT2D eigenvalue weighted by molar-refractivity contribution is 5.78. The molecular weight excluding hydrogens is 378 g/mol. The van der Waals surface area contributed by atoms with Gasteiger partial charge in [-0.05, 0) is 60.2 Å². The maximum absolute atomic E-state index is 12.6. The molecule has 0 spiro atoms. The molecule has 2 aromatic rings. The number of aryl methyl sites for hydroxylation is 2. The number of amides is 1. The average Bonchev–Trinajstić information content (AvgIpc) is 3.27. The fraction of sp³-hybridized carbons (Fsp3) is 0.417. The zero-order chi connectivity index (χ0) is 20.9. The number of nitrogens with zero attached hydrogens (tertiary/aromatic N) is 3. The largest absolute Gasteiger partial charge is 0.497 e. The van der Waals surface area contributed by atoms with Crippen molar-refractivity contribution in [3.63, 3.8) is 0 Å². The Morgan fingerprint density at radius 1 is 1.03 bits per heavy atom. The molecular formula is C24H27N3O3. The van der Waals surface area contributed by atoms with Gasteiger partial charge < -0.3 is 14.4 Å². The van der Waals surface area contributed by atoms with Gasteiger partial charge in [-0.15, -0.1) is 0 Å². The minimum absolute atomic E-state index is 0.00639. The van der Waals surface area contributed by atoms with Crippen LogP contribution in [0.2, 0.25) is 0 Å². The maximum Gasteiger partial charge on any atom is 0.260 e. The predicted molar refractivity (Wildman–Crippen MR) is 113 cm³/mol. The van der Waals surface area contributed by atoms with Gasteiger partial charge in [0, 0.05) is 26.2 Å². The van der Waals surface area contributed by atoms with Gasteiger partial charge in [0.25, 0.3) is 5.91 Å². The molecule has 0 unspecified atom stereocenters. The zero-order valence-corrected chi connectivity index (χ0v) is 17.3. The first kappa shape index (κ1) is 20.2. The van der Waals surface area contributed by atoms with Gasteiger partial charge in [0.05, 0.1) is 13.2 Å². The first-order valence-electron chi connectivity index (χ1n) is 10.5. The van der Waals surface area contributed by atoms with Crippen LogP contribution in [-0.4, -0.2) is 55.6 Å². The van der Waals surface area contributed by atoms with Crippen LogP contribution in [0.4, 0.5) is 0 Å². The maximum atomic E-state index is 12.6. The van der Waals surface area contributed by atoms with Gasteiger partial charge in [0.1, 0.15) is 17.5 Å². The summed E-state index contributed by atoms with van der Waals surface area (Å²) in [6.07, 6.45) is 3.43. The van der Waals surface area contributed by atoms with E-state index in [-0.39, 0.29) is 18.6 Å². The molecule has 1 aliphatic heterocycles. The van der Waals surface area contributed by atoms with Crippen molar-refractivity contribution in [2.24, 2.45) is 0 Å². The fourth-order valence-corrected chi connectivity index (χ4v) is 4.26. The van der Waals surface area contributed by atoms with Gasteiger partial charge >= 0.3 is 0 Å². The molecule has 1 aliphatic carbocycles. The Morgan fingerprint density at radius 2 is 1.73 bits per heavy atom. The number of rotatable bonds is 6. The molecule has 0 saturated carbocycles. The molecule has 6 heteroatoms. The Hall–Kier alpha value is -3.04. The number of carbonyl (C=O) groups excluding carboxylic acids is 1. The van der Waals surface area contributed by atoms with E-state index >= 15 is 0 Å². The molecule has 0 N–H and O–H groups in total. The van der Waals surface area contributed by atoms with Crippen LogP contribution in [0, 0.1) is 11.3 Å². The van der Waals surface area contributed by atoms with Gasteiger partial charge in [0.15, 0.2) is 6.61 Å². The predicted octanol–water partition coefficient (Wildman–Crippen LogP) is 2.97. The fourth-order valence-electron chi connectivity index (χ4n) is 4.26. The molecule has 2 aliphatic rings. The number of nitriles is 1. The summed E-state index contributed by atoms with van der Waals surface area (Å²) in [6, 6.07) is 15.8.